The van der Waals surface area contributed by atoms with Gasteiger partial charge in [0, 0.05) is 13.1 Å². The Labute approximate surface area is 49.5 Å². The first-order valence-corrected chi connectivity index (χ1v) is 2.65. The molecule has 0 aromatic heterocycles. The van der Waals surface area contributed by atoms with E-state index in [0.29, 0.717) is 6.54 Å². The van der Waals surface area contributed by atoms with Crippen molar-refractivity contribution in [2.75, 3.05) is 27.2 Å². The second-order valence-electron chi connectivity index (χ2n) is 2.10. The van der Waals surface area contributed by atoms with Crippen LogP contribution in [0.3, 0.4) is 0 Å². The Morgan fingerprint density at radius 2 is 2.12 bits per heavy atom. The van der Waals surface area contributed by atoms with E-state index in [1.165, 1.54) is 0 Å². The molecule has 2 nitrogen and oxygen atoms in total. The molecule has 0 rings (SSSR count). The Bertz CT molecular complexity index is 56.4. The fourth-order valence-corrected chi connectivity index (χ4v) is 0.471. The zero-order chi connectivity index (χ0) is 6.57. The monoisotopic (exact) mass is 120 g/mol. The lowest BCUT2D eigenvalue weighted by Crippen LogP contribution is -2.28. The summed E-state index contributed by atoms with van der Waals surface area (Å²) in [5.74, 6) is 0. The molecule has 0 aromatic rings. The first-order chi connectivity index (χ1) is 3.66. The molecule has 0 aliphatic heterocycles. The highest BCUT2D eigenvalue weighted by Gasteiger charge is 2.02. The lowest BCUT2D eigenvalue weighted by Gasteiger charge is -2.10. The van der Waals surface area contributed by atoms with E-state index in [2.05, 4.69) is 0 Å². The zero-order valence-electron chi connectivity index (χ0n) is 5.39. The van der Waals surface area contributed by atoms with Crippen LogP contribution in [0.2, 0.25) is 0 Å². The predicted octanol–water partition coefficient (Wildman–Crippen LogP) is -0.155. The zero-order valence-corrected chi connectivity index (χ0v) is 5.39. The van der Waals surface area contributed by atoms with E-state index in [1.807, 2.05) is 14.1 Å². The summed E-state index contributed by atoms with van der Waals surface area (Å²) in [4.78, 5) is 1.78. The molecule has 8 heavy (non-hydrogen) atoms. The largest absolute Gasteiger partial charge is 0.328 e. The average Bonchev–Trinajstić information content (AvgIpc) is 1.65. The van der Waals surface area contributed by atoms with Gasteiger partial charge < -0.3 is 10.6 Å². The second kappa shape index (κ2) is 3.80. The van der Waals surface area contributed by atoms with Crippen LogP contribution in [0.15, 0.2) is 0 Å². The number of nitrogens with two attached hydrogens (primary N) is 1. The van der Waals surface area contributed by atoms with Crippen LogP contribution in [-0.2, 0) is 0 Å². The summed E-state index contributed by atoms with van der Waals surface area (Å²) in [6.07, 6.45) is -0.870. The highest BCUT2D eigenvalue weighted by molar-refractivity contribution is 4.57. The molecule has 0 aliphatic carbocycles. The highest BCUT2D eigenvalue weighted by atomic mass is 19.1. The van der Waals surface area contributed by atoms with Gasteiger partial charge in [0.25, 0.3) is 0 Å². The lowest BCUT2D eigenvalue weighted by molar-refractivity contribution is 0.253. The number of hydrogen-bond donors (Lipinski definition) is 1. The van der Waals surface area contributed by atoms with Crippen molar-refractivity contribution < 1.29 is 4.39 Å². The van der Waals surface area contributed by atoms with Crippen LogP contribution < -0.4 is 5.73 Å². The van der Waals surface area contributed by atoms with Gasteiger partial charge in [0.1, 0.15) is 6.17 Å². The quantitative estimate of drug-likeness (QED) is 0.561. The molecular weight excluding hydrogens is 107 g/mol. The SMILES string of the molecule is CN(C)CC(F)CN. The summed E-state index contributed by atoms with van der Waals surface area (Å²) in [6.45, 7) is 0.550. The van der Waals surface area contributed by atoms with E-state index < -0.39 is 6.17 Å². The van der Waals surface area contributed by atoms with Gasteiger partial charge in [0.05, 0.1) is 0 Å². The highest BCUT2D eigenvalue weighted by Crippen LogP contribution is 1.87. The van der Waals surface area contributed by atoms with Gasteiger partial charge in [0.2, 0.25) is 0 Å². The maximum atomic E-state index is 12.2. The number of alkyl halides is 1. The van der Waals surface area contributed by atoms with Gasteiger partial charge in [-0.2, -0.15) is 0 Å². The van der Waals surface area contributed by atoms with Crippen molar-refractivity contribution in [1.29, 1.82) is 0 Å². The van der Waals surface area contributed by atoms with Crippen LogP contribution in [0, 0.1) is 0 Å². The Balaban J connectivity index is 3.10. The minimum Gasteiger partial charge on any atom is -0.328 e. The maximum absolute atomic E-state index is 12.2. The van der Waals surface area contributed by atoms with Crippen LogP contribution >= 0.6 is 0 Å². The van der Waals surface area contributed by atoms with Crippen molar-refractivity contribution in [2.45, 2.75) is 6.17 Å². The first-order valence-electron chi connectivity index (χ1n) is 2.65. The summed E-state index contributed by atoms with van der Waals surface area (Å²) >= 11 is 0. The number of rotatable bonds is 3. The smallest absolute Gasteiger partial charge is 0.125 e. The van der Waals surface area contributed by atoms with Gasteiger partial charge >= 0.3 is 0 Å². The molecule has 0 radical (unpaired) electrons. The fourth-order valence-electron chi connectivity index (χ4n) is 0.471. The van der Waals surface area contributed by atoms with Crippen molar-refractivity contribution in [1.82, 2.24) is 4.90 Å². The third kappa shape index (κ3) is 4.02. The van der Waals surface area contributed by atoms with Crippen LogP contribution in [0.1, 0.15) is 0 Å². The predicted molar refractivity (Wildman–Crippen MR) is 32.5 cm³/mol. The van der Waals surface area contributed by atoms with Crippen molar-refractivity contribution in [3.8, 4) is 0 Å². The molecule has 2 N–H and O–H groups in total. The molecule has 0 aromatic carbocycles. The minimum atomic E-state index is -0.870. The van der Waals surface area contributed by atoms with Crippen LogP contribution in [-0.4, -0.2) is 38.3 Å². The molecule has 0 saturated carbocycles. The van der Waals surface area contributed by atoms with Gasteiger partial charge in [0.15, 0.2) is 0 Å². The molecule has 0 saturated heterocycles. The fraction of sp³-hybridized carbons (Fsp3) is 1.00. The van der Waals surface area contributed by atoms with Gasteiger partial charge in [-0.1, -0.05) is 0 Å². The van der Waals surface area contributed by atoms with E-state index in [1.54, 1.807) is 4.90 Å². The van der Waals surface area contributed by atoms with Gasteiger partial charge in [-0.05, 0) is 14.1 Å². The summed E-state index contributed by atoms with van der Waals surface area (Å²) in [5.41, 5.74) is 5.02. The molecule has 0 fully saturated rings. The number of halogens is 1. The molecule has 1 unspecified atom stereocenters. The van der Waals surface area contributed by atoms with E-state index in [0.717, 1.165) is 0 Å². The summed E-state index contributed by atoms with van der Waals surface area (Å²) in [5, 5.41) is 0. The topological polar surface area (TPSA) is 29.3 Å². The summed E-state index contributed by atoms with van der Waals surface area (Å²) < 4.78 is 12.2. The van der Waals surface area contributed by atoms with Crippen LogP contribution in [0.25, 0.3) is 0 Å². The van der Waals surface area contributed by atoms with Crippen LogP contribution in [0.4, 0.5) is 4.39 Å². The van der Waals surface area contributed by atoms with Crippen LogP contribution in [0.5, 0.6) is 0 Å². The molecule has 0 heterocycles. The number of hydrogen-bond acceptors (Lipinski definition) is 2. The Kier molecular flexibility index (Phi) is 3.73. The molecule has 0 spiro atoms. The third-order valence-electron chi connectivity index (χ3n) is 0.819. The summed E-state index contributed by atoms with van der Waals surface area (Å²) in [6, 6.07) is 0. The van der Waals surface area contributed by atoms with Gasteiger partial charge in [-0.25, -0.2) is 4.39 Å². The van der Waals surface area contributed by atoms with E-state index in [4.69, 9.17) is 5.73 Å². The van der Waals surface area contributed by atoms with Gasteiger partial charge in [-0.15, -0.1) is 0 Å². The van der Waals surface area contributed by atoms with E-state index in [9.17, 15) is 4.39 Å². The van der Waals surface area contributed by atoms with Crippen molar-refractivity contribution in [3.05, 3.63) is 0 Å². The lowest BCUT2D eigenvalue weighted by atomic mass is 10.4. The van der Waals surface area contributed by atoms with Crippen molar-refractivity contribution in [2.24, 2.45) is 5.73 Å². The minimum absolute atomic E-state index is 0.123. The molecule has 3 heteroatoms. The second-order valence-corrected chi connectivity index (χ2v) is 2.10. The molecule has 0 aliphatic rings. The molecule has 0 amide bonds. The van der Waals surface area contributed by atoms with Gasteiger partial charge in [-0.3, -0.25) is 0 Å². The maximum Gasteiger partial charge on any atom is 0.125 e. The molecule has 1 atom stereocenters. The summed E-state index contributed by atoms with van der Waals surface area (Å²) in [7, 11) is 3.64. The molecular formula is C5H13FN2. The van der Waals surface area contributed by atoms with Crippen molar-refractivity contribution in [3.63, 3.8) is 0 Å². The normalized spacial score (nSPS) is 14.6. The molecule has 50 valence electrons. The van der Waals surface area contributed by atoms with E-state index >= 15 is 0 Å². The number of nitrogens with zero attached hydrogens (tertiary/aromatic N) is 1. The third-order valence-corrected chi connectivity index (χ3v) is 0.819. The van der Waals surface area contributed by atoms with E-state index in [-0.39, 0.29) is 6.54 Å². The Morgan fingerprint density at radius 1 is 1.62 bits per heavy atom. The standard InChI is InChI=1S/C5H13FN2/c1-8(2)4-5(6)3-7/h5H,3-4,7H2,1-2H3. The Morgan fingerprint density at radius 3 is 2.25 bits per heavy atom. The average molecular weight is 120 g/mol. The van der Waals surface area contributed by atoms with Crippen molar-refractivity contribution >= 4 is 0 Å². The molecule has 0 bridgehead atoms. The Hall–Kier alpha value is -0.150. The first kappa shape index (κ1) is 7.85.